The number of hydrogen-bond donors (Lipinski definition) is 2. The normalized spacial score (nSPS) is 18.0. The van der Waals surface area contributed by atoms with E-state index in [1.807, 2.05) is 31.2 Å². The summed E-state index contributed by atoms with van der Waals surface area (Å²) in [6, 6.07) is 8.00. The highest BCUT2D eigenvalue weighted by atomic mass is 32.2. The van der Waals surface area contributed by atoms with Crippen LogP contribution in [0.1, 0.15) is 65.0 Å². The van der Waals surface area contributed by atoms with Gasteiger partial charge >= 0.3 is 0 Å². The largest absolute Gasteiger partial charge is 0.361 e. The summed E-state index contributed by atoms with van der Waals surface area (Å²) in [5, 5.41) is 2.99. The average molecular weight is 501 g/mol. The minimum atomic E-state index is -3.87. The molecule has 8 nitrogen and oxygen atoms in total. The molecule has 0 unspecified atom stereocenters. The van der Waals surface area contributed by atoms with Crippen molar-refractivity contribution in [1.82, 2.24) is 19.5 Å². The third kappa shape index (κ3) is 5.46. The Kier molecular flexibility index (Phi) is 7.66. The second-order valence-corrected chi connectivity index (χ2v) is 11.7. The van der Waals surface area contributed by atoms with E-state index < -0.39 is 10.0 Å². The van der Waals surface area contributed by atoms with Gasteiger partial charge in [0.05, 0.1) is 5.56 Å². The number of hydrogen-bond acceptors (Lipinski definition) is 4. The van der Waals surface area contributed by atoms with E-state index in [1.165, 1.54) is 4.31 Å². The van der Waals surface area contributed by atoms with Crippen LogP contribution in [0.5, 0.6) is 0 Å². The van der Waals surface area contributed by atoms with Crippen molar-refractivity contribution in [3.63, 3.8) is 0 Å². The molecule has 2 N–H and O–H groups in total. The molecular formula is C26H36N4O4S. The number of carbonyl (C=O) groups excluding carboxylic acids is 2. The maximum atomic E-state index is 13.7. The molecule has 0 atom stereocenters. The lowest BCUT2D eigenvalue weighted by atomic mass is 9.97. The Balaban J connectivity index is 1.43. The number of likely N-dealkylation sites (tertiary alicyclic amines) is 1. The van der Waals surface area contributed by atoms with Crippen LogP contribution in [0.3, 0.4) is 0 Å². The molecule has 0 aliphatic carbocycles. The van der Waals surface area contributed by atoms with E-state index in [0.29, 0.717) is 43.9 Å². The molecule has 2 aliphatic heterocycles. The van der Waals surface area contributed by atoms with Crippen molar-refractivity contribution in [1.29, 1.82) is 0 Å². The number of piperidine rings is 2. The molecule has 2 aromatic rings. The molecule has 0 saturated carbocycles. The predicted molar refractivity (Wildman–Crippen MR) is 135 cm³/mol. The van der Waals surface area contributed by atoms with Crippen LogP contribution in [-0.4, -0.2) is 60.6 Å². The first-order valence-corrected chi connectivity index (χ1v) is 13.9. The molecule has 1 aromatic carbocycles. The lowest BCUT2D eigenvalue weighted by Gasteiger charge is -2.31. The number of amides is 2. The van der Waals surface area contributed by atoms with Gasteiger partial charge in [0.1, 0.15) is 4.90 Å². The van der Waals surface area contributed by atoms with Crippen molar-refractivity contribution in [3.05, 3.63) is 52.3 Å². The van der Waals surface area contributed by atoms with E-state index >= 15 is 0 Å². The highest BCUT2D eigenvalue weighted by molar-refractivity contribution is 7.89. The van der Waals surface area contributed by atoms with Gasteiger partial charge in [0.2, 0.25) is 15.9 Å². The summed E-state index contributed by atoms with van der Waals surface area (Å²) in [5.74, 6) is -0.483. The monoisotopic (exact) mass is 500 g/mol. The molecule has 190 valence electrons. The Morgan fingerprint density at radius 2 is 1.69 bits per heavy atom. The standard InChI is InChI=1S/C26H36N4O4S/c1-18-8-7-9-21(16-18)17-27-25(31)22-10-14-30(15-11-22)35(33,34)24-20(3)28-19(2)23(24)26(32)29-12-5-4-6-13-29/h7-9,16,22,28H,4-6,10-15,17H2,1-3H3,(H,27,31). The van der Waals surface area contributed by atoms with Crippen molar-refractivity contribution in [2.45, 2.75) is 64.3 Å². The minimum absolute atomic E-state index is 0.0433. The van der Waals surface area contributed by atoms with E-state index in [1.54, 1.807) is 18.7 Å². The van der Waals surface area contributed by atoms with Gasteiger partial charge in [-0.05, 0) is 58.4 Å². The summed E-state index contributed by atoms with van der Waals surface area (Å²) in [6.07, 6.45) is 3.88. The summed E-state index contributed by atoms with van der Waals surface area (Å²) >= 11 is 0. The number of benzene rings is 1. The summed E-state index contributed by atoms with van der Waals surface area (Å²) in [5.41, 5.74) is 3.52. The van der Waals surface area contributed by atoms with Gasteiger partial charge in [-0.25, -0.2) is 8.42 Å². The molecule has 35 heavy (non-hydrogen) atoms. The summed E-state index contributed by atoms with van der Waals surface area (Å²) in [7, 11) is -3.87. The fourth-order valence-electron chi connectivity index (χ4n) is 5.24. The van der Waals surface area contributed by atoms with Crippen LogP contribution in [0.25, 0.3) is 0 Å². The highest BCUT2D eigenvalue weighted by Gasteiger charge is 2.38. The first-order valence-electron chi connectivity index (χ1n) is 12.5. The Labute approximate surface area is 208 Å². The predicted octanol–water partition coefficient (Wildman–Crippen LogP) is 3.28. The SMILES string of the molecule is Cc1cccc(CNC(=O)C2CCN(S(=O)(=O)c3c(C)[nH]c(C)c3C(=O)N3CCCCC3)CC2)c1. The maximum absolute atomic E-state index is 13.7. The Hall–Kier alpha value is -2.65. The number of aromatic nitrogens is 1. The van der Waals surface area contributed by atoms with Gasteiger partial charge in [-0.2, -0.15) is 4.31 Å². The van der Waals surface area contributed by atoms with Crippen LogP contribution in [0.2, 0.25) is 0 Å². The van der Waals surface area contributed by atoms with E-state index in [9.17, 15) is 18.0 Å². The van der Waals surface area contributed by atoms with Gasteiger partial charge in [0, 0.05) is 50.0 Å². The zero-order chi connectivity index (χ0) is 25.2. The Bertz CT molecular complexity index is 1190. The van der Waals surface area contributed by atoms with E-state index in [0.717, 1.165) is 30.4 Å². The van der Waals surface area contributed by atoms with Crippen molar-refractivity contribution in [2.24, 2.45) is 5.92 Å². The number of nitrogens with zero attached hydrogens (tertiary/aromatic N) is 2. The number of H-pyrrole nitrogens is 1. The maximum Gasteiger partial charge on any atom is 0.257 e. The van der Waals surface area contributed by atoms with E-state index in [4.69, 9.17) is 0 Å². The van der Waals surface area contributed by atoms with Gasteiger partial charge in [-0.1, -0.05) is 29.8 Å². The molecule has 2 amide bonds. The second kappa shape index (κ2) is 10.5. The fourth-order valence-corrected chi connectivity index (χ4v) is 7.12. The third-order valence-electron chi connectivity index (χ3n) is 7.15. The number of sulfonamides is 1. The van der Waals surface area contributed by atoms with Crippen LogP contribution >= 0.6 is 0 Å². The summed E-state index contributed by atoms with van der Waals surface area (Å²) in [4.78, 5) is 31.0. The number of aromatic amines is 1. The number of nitrogens with one attached hydrogen (secondary N) is 2. The number of carbonyl (C=O) groups is 2. The number of rotatable bonds is 6. The molecule has 0 spiro atoms. The molecule has 0 radical (unpaired) electrons. The topological polar surface area (TPSA) is 103 Å². The average Bonchev–Trinajstić information content (AvgIpc) is 3.17. The molecule has 2 saturated heterocycles. The van der Waals surface area contributed by atoms with Crippen LogP contribution in [0, 0.1) is 26.7 Å². The van der Waals surface area contributed by atoms with Crippen molar-refractivity contribution in [2.75, 3.05) is 26.2 Å². The van der Waals surface area contributed by atoms with E-state index in [2.05, 4.69) is 10.3 Å². The molecule has 0 bridgehead atoms. The quantitative estimate of drug-likeness (QED) is 0.635. The van der Waals surface area contributed by atoms with Gasteiger partial charge in [0.25, 0.3) is 5.91 Å². The summed E-state index contributed by atoms with van der Waals surface area (Å²) in [6.45, 7) is 7.77. The fraction of sp³-hybridized carbons (Fsp3) is 0.538. The molecule has 2 aliphatic rings. The van der Waals surface area contributed by atoms with Crippen LogP contribution in [0.15, 0.2) is 29.2 Å². The van der Waals surface area contributed by atoms with Gasteiger partial charge in [0.15, 0.2) is 0 Å². The molecule has 2 fully saturated rings. The molecule has 4 rings (SSSR count). The minimum Gasteiger partial charge on any atom is -0.361 e. The van der Waals surface area contributed by atoms with Crippen molar-refractivity contribution < 1.29 is 18.0 Å². The molecular weight excluding hydrogens is 464 g/mol. The van der Waals surface area contributed by atoms with E-state index in [-0.39, 0.29) is 41.3 Å². The van der Waals surface area contributed by atoms with Crippen LogP contribution in [-0.2, 0) is 21.4 Å². The third-order valence-corrected chi connectivity index (χ3v) is 9.22. The lowest BCUT2D eigenvalue weighted by molar-refractivity contribution is -0.126. The van der Waals surface area contributed by atoms with Crippen LogP contribution < -0.4 is 5.32 Å². The number of aryl methyl sites for hydroxylation is 3. The van der Waals surface area contributed by atoms with Crippen molar-refractivity contribution >= 4 is 21.8 Å². The van der Waals surface area contributed by atoms with Crippen molar-refractivity contribution in [3.8, 4) is 0 Å². The van der Waals surface area contributed by atoms with Crippen LogP contribution in [0.4, 0.5) is 0 Å². The Morgan fingerprint density at radius 1 is 1.00 bits per heavy atom. The smallest absolute Gasteiger partial charge is 0.257 e. The summed E-state index contributed by atoms with van der Waals surface area (Å²) < 4.78 is 28.8. The lowest BCUT2D eigenvalue weighted by Crippen LogP contribution is -2.43. The first kappa shape index (κ1) is 25.4. The first-order chi connectivity index (χ1) is 16.7. The van der Waals surface area contributed by atoms with Gasteiger partial charge < -0.3 is 15.2 Å². The van der Waals surface area contributed by atoms with Gasteiger partial charge in [-0.15, -0.1) is 0 Å². The Morgan fingerprint density at radius 3 is 2.34 bits per heavy atom. The molecule has 9 heteroatoms. The highest BCUT2D eigenvalue weighted by Crippen LogP contribution is 2.31. The zero-order valence-corrected chi connectivity index (χ0v) is 21.7. The molecule has 1 aromatic heterocycles. The van der Waals surface area contributed by atoms with Gasteiger partial charge in [-0.3, -0.25) is 9.59 Å². The molecule has 3 heterocycles. The second-order valence-electron chi connectivity index (χ2n) is 9.82. The zero-order valence-electron chi connectivity index (χ0n) is 20.9.